The van der Waals surface area contributed by atoms with Crippen LogP contribution in [0, 0.1) is 0 Å². The van der Waals surface area contributed by atoms with Gasteiger partial charge < -0.3 is 4.90 Å². The van der Waals surface area contributed by atoms with Gasteiger partial charge in [0.25, 0.3) is 10.0 Å². The minimum Gasteiger partial charge on any atom is -0.320 e. The summed E-state index contributed by atoms with van der Waals surface area (Å²) in [7, 11) is -3.57. The van der Waals surface area contributed by atoms with E-state index in [0.717, 1.165) is 47.9 Å². The molecule has 0 unspecified atom stereocenters. The largest absolute Gasteiger partial charge is 0.320 e. The van der Waals surface area contributed by atoms with Crippen molar-refractivity contribution in [1.29, 1.82) is 0 Å². The number of thioether (sulfide) groups is 1. The second-order valence-corrected chi connectivity index (χ2v) is 9.85. The molecular formula is C22H21N3O2S2. The van der Waals surface area contributed by atoms with Crippen molar-refractivity contribution in [2.45, 2.75) is 19.3 Å². The number of anilines is 1. The number of sulfonamides is 1. The molecule has 5 nitrogen and oxygen atoms in total. The van der Waals surface area contributed by atoms with Crippen LogP contribution in [0.1, 0.15) is 29.5 Å². The van der Waals surface area contributed by atoms with Crippen molar-refractivity contribution in [1.82, 2.24) is 4.90 Å². The molecule has 2 aromatic rings. The summed E-state index contributed by atoms with van der Waals surface area (Å²) < 4.78 is 28.5. The highest BCUT2D eigenvalue weighted by molar-refractivity contribution is 8.16. The second kappa shape index (κ2) is 7.39. The Morgan fingerprint density at radius 3 is 2.72 bits per heavy atom. The summed E-state index contributed by atoms with van der Waals surface area (Å²) in [6.45, 7) is 1.86. The van der Waals surface area contributed by atoms with Crippen molar-refractivity contribution < 1.29 is 8.42 Å². The molecule has 0 spiro atoms. The SMILES string of the molecule is O=S(=O)(Nc1ccc(C2=CSC3=NCCCN23)cc1)C1=Cc2ccccc2CC1. The van der Waals surface area contributed by atoms with Crippen LogP contribution in [0.15, 0.2) is 63.8 Å². The predicted octanol–water partition coefficient (Wildman–Crippen LogP) is 4.52. The van der Waals surface area contributed by atoms with Gasteiger partial charge in [-0.05, 0) is 54.2 Å². The van der Waals surface area contributed by atoms with Gasteiger partial charge in [-0.15, -0.1) is 0 Å². The van der Waals surface area contributed by atoms with Crippen LogP contribution in [0.25, 0.3) is 11.8 Å². The molecular weight excluding hydrogens is 402 g/mol. The number of hydrogen-bond donors (Lipinski definition) is 1. The molecule has 7 heteroatoms. The first-order valence-corrected chi connectivity index (χ1v) is 12.1. The zero-order valence-corrected chi connectivity index (χ0v) is 17.5. The summed E-state index contributed by atoms with van der Waals surface area (Å²) >= 11 is 1.65. The number of nitrogens with one attached hydrogen (secondary N) is 1. The van der Waals surface area contributed by atoms with Gasteiger partial charge in [0.15, 0.2) is 5.17 Å². The van der Waals surface area contributed by atoms with Gasteiger partial charge in [0.05, 0.1) is 10.6 Å². The van der Waals surface area contributed by atoms with Gasteiger partial charge in [0.1, 0.15) is 0 Å². The number of fused-ring (bicyclic) bond motifs is 2. The molecule has 0 atom stereocenters. The van der Waals surface area contributed by atoms with E-state index < -0.39 is 10.0 Å². The lowest BCUT2D eigenvalue weighted by molar-refractivity contribution is 0.542. The van der Waals surface area contributed by atoms with E-state index in [1.165, 1.54) is 5.56 Å². The molecule has 29 heavy (non-hydrogen) atoms. The highest BCUT2D eigenvalue weighted by atomic mass is 32.2. The van der Waals surface area contributed by atoms with Gasteiger partial charge in [-0.1, -0.05) is 48.2 Å². The highest BCUT2D eigenvalue weighted by Crippen LogP contribution is 2.35. The van der Waals surface area contributed by atoms with Gasteiger partial charge >= 0.3 is 0 Å². The van der Waals surface area contributed by atoms with E-state index in [2.05, 4.69) is 26.1 Å². The molecule has 0 aromatic heterocycles. The van der Waals surface area contributed by atoms with Gasteiger partial charge in [0.2, 0.25) is 0 Å². The van der Waals surface area contributed by atoms with Crippen LogP contribution in [-0.2, 0) is 16.4 Å². The summed E-state index contributed by atoms with van der Waals surface area (Å²) in [4.78, 5) is 7.22. The van der Waals surface area contributed by atoms with Crippen molar-refractivity contribution in [3.63, 3.8) is 0 Å². The molecule has 2 heterocycles. The standard InChI is InChI=1S/C22H21N3O2S2/c26-29(27,20-11-8-16-4-1-2-5-18(16)14-20)24-19-9-6-17(7-10-19)21-15-28-22-23-12-3-13-25(21)22/h1-2,4-7,9-10,14-15,24H,3,8,11-13H2. The van der Waals surface area contributed by atoms with E-state index >= 15 is 0 Å². The van der Waals surface area contributed by atoms with E-state index in [9.17, 15) is 8.42 Å². The first-order chi connectivity index (χ1) is 14.1. The maximum atomic E-state index is 12.9. The maximum Gasteiger partial charge on any atom is 0.258 e. The molecule has 0 fully saturated rings. The monoisotopic (exact) mass is 423 g/mol. The molecule has 0 saturated carbocycles. The van der Waals surface area contributed by atoms with E-state index in [1.54, 1.807) is 17.8 Å². The van der Waals surface area contributed by atoms with Crippen LogP contribution < -0.4 is 4.72 Å². The molecule has 2 aliphatic heterocycles. The fourth-order valence-corrected chi connectivity index (χ4v) is 6.05. The summed E-state index contributed by atoms with van der Waals surface area (Å²) in [5.74, 6) is 0. The van der Waals surface area contributed by atoms with Crippen LogP contribution in [0.4, 0.5) is 5.69 Å². The van der Waals surface area contributed by atoms with Crippen molar-refractivity contribution in [2.24, 2.45) is 4.99 Å². The quantitative estimate of drug-likeness (QED) is 0.785. The zero-order valence-electron chi connectivity index (χ0n) is 15.8. The maximum absolute atomic E-state index is 12.9. The Kier molecular flexibility index (Phi) is 4.72. The number of amidine groups is 1. The van der Waals surface area contributed by atoms with E-state index in [0.29, 0.717) is 17.0 Å². The number of allylic oxidation sites excluding steroid dienone is 1. The van der Waals surface area contributed by atoms with Gasteiger partial charge in [-0.25, -0.2) is 8.42 Å². The van der Waals surface area contributed by atoms with E-state index in [4.69, 9.17) is 0 Å². The van der Waals surface area contributed by atoms with Crippen LogP contribution in [0.2, 0.25) is 0 Å². The molecule has 148 valence electrons. The lowest BCUT2D eigenvalue weighted by Crippen LogP contribution is -2.28. The lowest BCUT2D eigenvalue weighted by Gasteiger charge is -2.25. The normalized spacial score (nSPS) is 18.3. The topological polar surface area (TPSA) is 61.8 Å². The van der Waals surface area contributed by atoms with Crippen LogP contribution in [0.3, 0.4) is 0 Å². The van der Waals surface area contributed by atoms with Crippen molar-refractivity contribution in [2.75, 3.05) is 17.8 Å². The first-order valence-electron chi connectivity index (χ1n) is 9.71. The summed E-state index contributed by atoms with van der Waals surface area (Å²) in [5.41, 5.74) is 4.96. The molecule has 0 radical (unpaired) electrons. The Morgan fingerprint density at radius 1 is 1.03 bits per heavy atom. The number of rotatable bonds is 4. The zero-order chi connectivity index (χ0) is 19.8. The third-order valence-electron chi connectivity index (χ3n) is 5.37. The number of benzene rings is 2. The smallest absolute Gasteiger partial charge is 0.258 e. The molecule has 0 bridgehead atoms. The Morgan fingerprint density at radius 2 is 1.86 bits per heavy atom. The Labute approximate surface area is 175 Å². The number of hydrogen-bond acceptors (Lipinski definition) is 5. The molecule has 3 aliphatic rings. The number of aryl methyl sites for hydroxylation is 1. The Hall–Kier alpha value is -2.51. The summed E-state index contributed by atoms with van der Waals surface area (Å²) in [6.07, 6.45) is 4.10. The van der Waals surface area contributed by atoms with Crippen molar-refractivity contribution in [3.05, 3.63) is 75.5 Å². The fourth-order valence-electron chi connectivity index (χ4n) is 3.85. The predicted molar refractivity (Wildman–Crippen MR) is 121 cm³/mol. The molecule has 0 amide bonds. The van der Waals surface area contributed by atoms with Gasteiger partial charge in [0, 0.05) is 24.2 Å². The van der Waals surface area contributed by atoms with Crippen LogP contribution >= 0.6 is 11.8 Å². The minimum absolute atomic E-state index is 0.435. The first kappa shape index (κ1) is 18.5. The number of aliphatic imine (C=N–C) groups is 1. The van der Waals surface area contributed by atoms with Crippen LogP contribution in [-0.4, -0.2) is 31.6 Å². The van der Waals surface area contributed by atoms with E-state index in [1.807, 2.05) is 42.5 Å². The number of nitrogens with zero attached hydrogens (tertiary/aromatic N) is 2. The summed E-state index contributed by atoms with van der Waals surface area (Å²) in [6, 6.07) is 15.5. The van der Waals surface area contributed by atoms with E-state index in [-0.39, 0.29) is 0 Å². The average molecular weight is 424 g/mol. The molecule has 5 rings (SSSR count). The third-order valence-corrected chi connectivity index (χ3v) is 7.79. The molecule has 1 aliphatic carbocycles. The summed E-state index contributed by atoms with van der Waals surface area (Å²) in [5, 5.41) is 3.17. The average Bonchev–Trinajstić information content (AvgIpc) is 3.18. The second-order valence-electron chi connectivity index (χ2n) is 7.28. The Bertz CT molecular complexity index is 1150. The van der Waals surface area contributed by atoms with Crippen molar-refractivity contribution in [3.8, 4) is 0 Å². The molecule has 2 aromatic carbocycles. The lowest BCUT2D eigenvalue weighted by atomic mass is 9.98. The van der Waals surface area contributed by atoms with Crippen molar-refractivity contribution >= 4 is 44.4 Å². The molecule has 0 saturated heterocycles. The fraction of sp³-hybridized carbons (Fsp3) is 0.227. The molecule has 1 N–H and O–H groups in total. The van der Waals surface area contributed by atoms with Crippen LogP contribution in [0.5, 0.6) is 0 Å². The Balaban J connectivity index is 1.34. The van der Waals surface area contributed by atoms with Gasteiger partial charge in [-0.3, -0.25) is 9.71 Å². The minimum atomic E-state index is -3.57. The highest BCUT2D eigenvalue weighted by Gasteiger charge is 2.26. The van der Waals surface area contributed by atoms with Gasteiger partial charge in [-0.2, -0.15) is 0 Å². The third kappa shape index (κ3) is 3.60.